The first-order chi connectivity index (χ1) is 5.58. The lowest BCUT2D eigenvalue weighted by atomic mass is 10.4. The standard InChI is InChI=1S/C6H7N3O3/c7-3(10)1-4-8-5(11)2-6(12)9-4/h2H,1H2,(H2,7,10)(H2,8,9,11,12). The molecule has 1 amide bonds. The third kappa shape index (κ3) is 2.08. The van der Waals surface area contributed by atoms with Gasteiger partial charge in [0.2, 0.25) is 17.7 Å². The van der Waals surface area contributed by atoms with Gasteiger partial charge in [-0.15, -0.1) is 0 Å². The largest absolute Gasteiger partial charge is 0.493 e. The van der Waals surface area contributed by atoms with Gasteiger partial charge in [0.15, 0.2) is 0 Å². The molecule has 12 heavy (non-hydrogen) atoms. The number of carbonyl (C=O) groups is 1. The minimum atomic E-state index is -0.625. The molecule has 6 heteroatoms. The fourth-order valence-corrected chi connectivity index (χ4v) is 0.704. The Morgan fingerprint density at radius 2 is 1.92 bits per heavy atom. The number of primary amides is 1. The fraction of sp³-hybridized carbons (Fsp3) is 0.167. The normalized spacial score (nSPS) is 9.67. The number of aromatic hydroxyl groups is 2. The molecule has 0 fully saturated rings. The fourth-order valence-electron chi connectivity index (χ4n) is 0.704. The van der Waals surface area contributed by atoms with Crippen molar-refractivity contribution in [3.05, 3.63) is 11.9 Å². The number of hydrogen-bond donors (Lipinski definition) is 3. The monoisotopic (exact) mass is 169 g/mol. The topological polar surface area (TPSA) is 109 Å². The predicted octanol–water partition coefficient (Wildman–Crippen LogP) is -1.08. The minimum absolute atomic E-state index is 0.000000000000000444. The van der Waals surface area contributed by atoms with Gasteiger partial charge in [0.1, 0.15) is 5.82 Å². The maximum atomic E-state index is 10.4. The van der Waals surface area contributed by atoms with E-state index in [-0.39, 0.29) is 12.2 Å². The van der Waals surface area contributed by atoms with E-state index in [9.17, 15) is 4.79 Å². The lowest BCUT2D eigenvalue weighted by Gasteiger charge is -1.97. The van der Waals surface area contributed by atoms with Crippen LogP contribution in [0.4, 0.5) is 0 Å². The third-order valence-electron chi connectivity index (χ3n) is 1.08. The molecule has 0 aliphatic rings. The predicted molar refractivity (Wildman–Crippen MR) is 38.3 cm³/mol. The van der Waals surface area contributed by atoms with E-state index in [0.29, 0.717) is 0 Å². The second kappa shape index (κ2) is 3.04. The quantitative estimate of drug-likeness (QED) is 0.521. The van der Waals surface area contributed by atoms with Crippen molar-refractivity contribution < 1.29 is 15.0 Å². The Morgan fingerprint density at radius 1 is 1.42 bits per heavy atom. The van der Waals surface area contributed by atoms with E-state index in [4.69, 9.17) is 15.9 Å². The van der Waals surface area contributed by atoms with Crippen LogP contribution >= 0.6 is 0 Å². The van der Waals surface area contributed by atoms with Crippen LogP contribution < -0.4 is 5.73 Å². The van der Waals surface area contributed by atoms with Crippen LogP contribution in [0.1, 0.15) is 5.82 Å². The molecule has 0 saturated heterocycles. The van der Waals surface area contributed by atoms with Crippen LogP contribution in [0.2, 0.25) is 0 Å². The molecule has 0 aliphatic carbocycles. The molecule has 0 aromatic carbocycles. The second-order valence-corrected chi connectivity index (χ2v) is 2.14. The molecule has 6 nitrogen and oxygen atoms in total. The van der Waals surface area contributed by atoms with Gasteiger partial charge in [0.05, 0.1) is 12.5 Å². The molecule has 64 valence electrons. The summed E-state index contributed by atoms with van der Waals surface area (Å²) in [7, 11) is 0. The van der Waals surface area contributed by atoms with Crippen molar-refractivity contribution in [2.75, 3.05) is 0 Å². The average molecular weight is 169 g/mol. The lowest BCUT2D eigenvalue weighted by molar-refractivity contribution is -0.117. The molecule has 0 atom stereocenters. The molecule has 0 aliphatic heterocycles. The Morgan fingerprint density at radius 3 is 2.33 bits per heavy atom. The summed E-state index contributed by atoms with van der Waals surface area (Å²) in [5.74, 6) is -1.41. The summed E-state index contributed by atoms with van der Waals surface area (Å²) in [5, 5.41) is 17.7. The summed E-state index contributed by atoms with van der Waals surface area (Å²) in [6, 6.07) is 0.963. The first-order valence-electron chi connectivity index (χ1n) is 3.12. The molecule has 0 radical (unpaired) electrons. The number of aromatic nitrogens is 2. The van der Waals surface area contributed by atoms with Gasteiger partial charge in [-0.2, -0.15) is 9.97 Å². The van der Waals surface area contributed by atoms with Gasteiger partial charge in [0.25, 0.3) is 0 Å². The first-order valence-corrected chi connectivity index (χ1v) is 3.12. The molecule has 4 N–H and O–H groups in total. The van der Waals surface area contributed by atoms with Gasteiger partial charge in [-0.1, -0.05) is 0 Å². The molecular formula is C6H7N3O3. The van der Waals surface area contributed by atoms with Gasteiger partial charge in [-0.05, 0) is 0 Å². The van der Waals surface area contributed by atoms with E-state index in [1.807, 2.05) is 0 Å². The van der Waals surface area contributed by atoms with Crippen molar-refractivity contribution in [3.63, 3.8) is 0 Å². The van der Waals surface area contributed by atoms with Crippen LogP contribution in [0.15, 0.2) is 6.07 Å². The molecule has 0 bridgehead atoms. The molecule has 1 heterocycles. The molecule has 1 rings (SSSR count). The van der Waals surface area contributed by atoms with E-state index < -0.39 is 17.7 Å². The van der Waals surface area contributed by atoms with Crippen molar-refractivity contribution in [1.82, 2.24) is 9.97 Å². The van der Waals surface area contributed by atoms with E-state index in [0.717, 1.165) is 6.07 Å². The number of nitrogens with zero attached hydrogens (tertiary/aromatic N) is 2. The molecule has 1 aromatic rings. The Kier molecular flexibility index (Phi) is 2.09. The van der Waals surface area contributed by atoms with Crippen molar-refractivity contribution in [2.45, 2.75) is 6.42 Å². The van der Waals surface area contributed by atoms with Crippen LogP contribution in [0.25, 0.3) is 0 Å². The zero-order chi connectivity index (χ0) is 9.14. The highest BCUT2D eigenvalue weighted by molar-refractivity contribution is 5.75. The molecule has 0 saturated carbocycles. The zero-order valence-corrected chi connectivity index (χ0v) is 6.06. The van der Waals surface area contributed by atoms with Crippen LogP contribution in [0.5, 0.6) is 11.8 Å². The van der Waals surface area contributed by atoms with Crippen molar-refractivity contribution in [2.24, 2.45) is 5.73 Å². The number of nitrogens with two attached hydrogens (primary N) is 1. The van der Waals surface area contributed by atoms with Crippen molar-refractivity contribution >= 4 is 5.91 Å². The summed E-state index contributed by atoms with van der Waals surface area (Å²) in [5.41, 5.74) is 4.84. The van der Waals surface area contributed by atoms with E-state index in [2.05, 4.69) is 9.97 Å². The number of amides is 1. The number of rotatable bonds is 2. The van der Waals surface area contributed by atoms with E-state index >= 15 is 0 Å². The third-order valence-corrected chi connectivity index (χ3v) is 1.08. The van der Waals surface area contributed by atoms with E-state index in [1.165, 1.54) is 0 Å². The average Bonchev–Trinajstić information content (AvgIpc) is 1.81. The molecule has 1 aromatic heterocycles. The van der Waals surface area contributed by atoms with Gasteiger partial charge in [-0.3, -0.25) is 4.79 Å². The SMILES string of the molecule is NC(=O)Cc1nc(O)cc(O)n1. The maximum absolute atomic E-state index is 10.4. The maximum Gasteiger partial charge on any atom is 0.225 e. The Hall–Kier alpha value is -1.85. The molecule has 0 unspecified atom stereocenters. The molecular weight excluding hydrogens is 162 g/mol. The minimum Gasteiger partial charge on any atom is -0.493 e. The summed E-state index contributed by atoms with van der Waals surface area (Å²) < 4.78 is 0. The zero-order valence-electron chi connectivity index (χ0n) is 6.06. The highest BCUT2D eigenvalue weighted by atomic mass is 16.3. The summed E-state index contributed by atoms with van der Waals surface area (Å²) in [6.45, 7) is 0. The highest BCUT2D eigenvalue weighted by Gasteiger charge is 2.05. The Labute approximate surface area is 67.7 Å². The lowest BCUT2D eigenvalue weighted by Crippen LogP contribution is -2.15. The van der Waals surface area contributed by atoms with Crippen molar-refractivity contribution in [3.8, 4) is 11.8 Å². The Balaban J connectivity index is 2.93. The second-order valence-electron chi connectivity index (χ2n) is 2.14. The smallest absolute Gasteiger partial charge is 0.225 e. The van der Waals surface area contributed by atoms with Gasteiger partial charge >= 0.3 is 0 Å². The van der Waals surface area contributed by atoms with Crippen LogP contribution in [-0.4, -0.2) is 26.1 Å². The van der Waals surface area contributed by atoms with Gasteiger partial charge in [0, 0.05) is 0 Å². The van der Waals surface area contributed by atoms with Crippen LogP contribution in [0.3, 0.4) is 0 Å². The van der Waals surface area contributed by atoms with Gasteiger partial charge in [-0.25, -0.2) is 0 Å². The summed E-state index contributed by atoms with van der Waals surface area (Å²) in [4.78, 5) is 17.3. The van der Waals surface area contributed by atoms with Crippen LogP contribution in [-0.2, 0) is 11.2 Å². The van der Waals surface area contributed by atoms with Crippen molar-refractivity contribution in [1.29, 1.82) is 0 Å². The Bertz CT molecular complexity index is 293. The first kappa shape index (κ1) is 8.25. The van der Waals surface area contributed by atoms with E-state index in [1.54, 1.807) is 0 Å². The summed E-state index contributed by atoms with van der Waals surface area (Å²) in [6.07, 6.45) is -0.206. The van der Waals surface area contributed by atoms with Crippen LogP contribution in [0, 0.1) is 0 Å². The highest BCUT2D eigenvalue weighted by Crippen LogP contribution is 2.11. The molecule has 0 spiro atoms. The summed E-state index contributed by atoms with van der Waals surface area (Å²) >= 11 is 0. The number of hydrogen-bond acceptors (Lipinski definition) is 5. The number of carbonyl (C=O) groups excluding carboxylic acids is 1. The van der Waals surface area contributed by atoms with Gasteiger partial charge < -0.3 is 15.9 Å².